The maximum absolute atomic E-state index is 12.0. The number of methoxy groups -OCH3 is 1. The van der Waals surface area contributed by atoms with Crippen LogP contribution in [-0.4, -0.2) is 49.6 Å². The van der Waals surface area contributed by atoms with E-state index in [4.69, 9.17) is 6.42 Å². The molecule has 5 heteroatoms. The van der Waals surface area contributed by atoms with Crippen LogP contribution in [0.5, 0.6) is 0 Å². The van der Waals surface area contributed by atoms with Crippen LogP contribution in [0.15, 0.2) is 0 Å². The van der Waals surface area contributed by atoms with E-state index in [0.29, 0.717) is 13.1 Å². The second-order valence-electron chi connectivity index (χ2n) is 4.30. The van der Waals surface area contributed by atoms with Gasteiger partial charge >= 0.3 is 5.97 Å². The fourth-order valence-electron chi connectivity index (χ4n) is 2.10. The van der Waals surface area contributed by atoms with E-state index in [0.717, 1.165) is 25.8 Å². The number of likely N-dealkylation sites (tertiary alicyclic amines) is 1. The van der Waals surface area contributed by atoms with Crippen molar-refractivity contribution in [2.24, 2.45) is 0 Å². The second-order valence-corrected chi connectivity index (χ2v) is 4.30. The largest absolute Gasteiger partial charge is 0.469 e. The van der Waals surface area contributed by atoms with Gasteiger partial charge in [0.15, 0.2) is 0 Å². The van der Waals surface area contributed by atoms with E-state index in [1.54, 1.807) is 0 Å². The molecule has 0 spiro atoms. The first-order valence-electron chi connectivity index (χ1n) is 6.21. The zero-order chi connectivity index (χ0) is 13.4. The van der Waals surface area contributed by atoms with Crippen molar-refractivity contribution in [2.45, 2.75) is 31.7 Å². The van der Waals surface area contributed by atoms with E-state index < -0.39 is 0 Å². The molecule has 1 saturated heterocycles. The lowest BCUT2D eigenvalue weighted by atomic mass is 10.0. The van der Waals surface area contributed by atoms with Crippen molar-refractivity contribution in [1.29, 1.82) is 0 Å². The minimum Gasteiger partial charge on any atom is -0.469 e. The number of terminal acetylenes is 1. The Balaban J connectivity index is 2.38. The first kappa shape index (κ1) is 14.5. The third-order valence-electron chi connectivity index (χ3n) is 3.07. The average Bonchev–Trinajstić information content (AvgIpc) is 2.39. The van der Waals surface area contributed by atoms with E-state index in [2.05, 4.69) is 16.0 Å². The zero-order valence-electron chi connectivity index (χ0n) is 10.8. The molecule has 1 unspecified atom stereocenters. The molecule has 1 atom stereocenters. The summed E-state index contributed by atoms with van der Waals surface area (Å²) in [7, 11) is 1.33. The molecule has 1 aliphatic rings. The van der Waals surface area contributed by atoms with Crippen molar-refractivity contribution in [3.05, 3.63) is 0 Å². The van der Waals surface area contributed by atoms with Crippen molar-refractivity contribution in [2.75, 3.05) is 26.7 Å². The third-order valence-corrected chi connectivity index (χ3v) is 3.07. The number of esters is 1. The summed E-state index contributed by atoms with van der Waals surface area (Å²) in [6, 6.07) is -0.160. The lowest BCUT2D eigenvalue weighted by molar-refractivity contribution is -0.140. The number of carbonyl (C=O) groups is 2. The maximum atomic E-state index is 12.0. The van der Waals surface area contributed by atoms with Crippen LogP contribution < -0.4 is 5.32 Å². The van der Waals surface area contributed by atoms with Crippen LogP contribution in [0, 0.1) is 12.3 Å². The third kappa shape index (κ3) is 4.38. The van der Waals surface area contributed by atoms with E-state index >= 15 is 0 Å². The van der Waals surface area contributed by atoms with Crippen LogP contribution in [-0.2, 0) is 14.3 Å². The van der Waals surface area contributed by atoms with Crippen LogP contribution in [0.1, 0.15) is 25.7 Å². The molecule has 1 rings (SSSR count). The minimum atomic E-state index is -0.320. The average molecular weight is 252 g/mol. The fraction of sp³-hybridized carbons (Fsp3) is 0.692. The number of hydrogen-bond donors (Lipinski definition) is 1. The predicted octanol–water partition coefficient (Wildman–Crippen LogP) is 0.153. The highest BCUT2D eigenvalue weighted by atomic mass is 16.5. The Bertz CT molecular complexity index is 336. The molecule has 0 aliphatic carbocycles. The van der Waals surface area contributed by atoms with Crippen LogP contribution in [0.3, 0.4) is 0 Å². The van der Waals surface area contributed by atoms with Gasteiger partial charge in [0, 0.05) is 6.54 Å². The summed E-state index contributed by atoms with van der Waals surface area (Å²) in [5.74, 6) is 2.21. The molecule has 1 fully saturated rings. The van der Waals surface area contributed by atoms with E-state index in [1.807, 2.05) is 4.90 Å². The molecule has 0 aromatic heterocycles. The van der Waals surface area contributed by atoms with Gasteiger partial charge in [-0.15, -0.1) is 6.42 Å². The number of amides is 1. The predicted molar refractivity (Wildman–Crippen MR) is 67.7 cm³/mol. The van der Waals surface area contributed by atoms with E-state index in [9.17, 15) is 9.59 Å². The summed E-state index contributed by atoms with van der Waals surface area (Å²) in [4.78, 5) is 24.9. The summed E-state index contributed by atoms with van der Waals surface area (Å²) in [5, 5.41) is 2.76. The molecule has 1 heterocycles. The van der Waals surface area contributed by atoms with Crippen LogP contribution in [0.2, 0.25) is 0 Å². The number of hydrogen-bond acceptors (Lipinski definition) is 4. The molecule has 100 valence electrons. The summed E-state index contributed by atoms with van der Waals surface area (Å²) in [6.45, 7) is 1.67. The van der Waals surface area contributed by atoms with E-state index in [1.165, 1.54) is 7.11 Å². The van der Waals surface area contributed by atoms with Gasteiger partial charge in [-0.25, -0.2) is 0 Å². The molecule has 0 aromatic rings. The van der Waals surface area contributed by atoms with Gasteiger partial charge < -0.3 is 10.1 Å². The molecule has 1 aliphatic heterocycles. The lowest BCUT2D eigenvalue weighted by Gasteiger charge is -2.33. The van der Waals surface area contributed by atoms with Gasteiger partial charge in [-0.05, 0) is 19.4 Å². The molecular weight excluding hydrogens is 232 g/mol. The monoisotopic (exact) mass is 252 g/mol. The van der Waals surface area contributed by atoms with E-state index in [-0.39, 0.29) is 24.3 Å². The summed E-state index contributed by atoms with van der Waals surface area (Å²) >= 11 is 0. The topological polar surface area (TPSA) is 58.6 Å². The summed E-state index contributed by atoms with van der Waals surface area (Å²) in [6.07, 6.45) is 8.43. The number of rotatable bonds is 5. The molecule has 5 nitrogen and oxygen atoms in total. The van der Waals surface area contributed by atoms with Gasteiger partial charge in [-0.3, -0.25) is 14.5 Å². The molecule has 1 amide bonds. The first-order chi connectivity index (χ1) is 8.69. The summed E-state index contributed by atoms with van der Waals surface area (Å²) < 4.78 is 4.51. The molecule has 0 radical (unpaired) electrons. The van der Waals surface area contributed by atoms with Crippen LogP contribution in [0.4, 0.5) is 0 Å². The Morgan fingerprint density at radius 3 is 2.94 bits per heavy atom. The first-order valence-corrected chi connectivity index (χ1v) is 6.21. The normalized spacial score (nSPS) is 19.9. The highest BCUT2D eigenvalue weighted by molar-refractivity contribution is 5.82. The molecule has 1 N–H and O–H groups in total. The maximum Gasteiger partial charge on any atom is 0.307 e. The molecule has 18 heavy (non-hydrogen) atoms. The number of ether oxygens (including phenoxy) is 1. The van der Waals surface area contributed by atoms with Crippen LogP contribution in [0.25, 0.3) is 0 Å². The smallest absolute Gasteiger partial charge is 0.307 e. The molecule has 0 bridgehead atoms. The number of piperidine rings is 1. The summed E-state index contributed by atoms with van der Waals surface area (Å²) in [5.41, 5.74) is 0. The van der Waals surface area contributed by atoms with Crippen molar-refractivity contribution >= 4 is 11.9 Å². The van der Waals surface area contributed by atoms with Crippen molar-refractivity contribution < 1.29 is 14.3 Å². The van der Waals surface area contributed by atoms with Crippen molar-refractivity contribution in [3.63, 3.8) is 0 Å². The quantitative estimate of drug-likeness (QED) is 0.559. The minimum absolute atomic E-state index is 0.0474. The van der Waals surface area contributed by atoms with Crippen LogP contribution >= 0.6 is 0 Å². The highest BCUT2D eigenvalue weighted by Gasteiger charge is 2.27. The Kier molecular flexibility index (Phi) is 6.23. The van der Waals surface area contributed by atoms with Gasteiger partial charge in [0.2, 0.25) is 5.91 Å². The SMILES string of the molecule is C#CCN1CCCCC1C(=O)NCCC(=O)OC. The number of nitrogens with zero attached hydrogens (tertiary/aromatic N) is 1. The second kappa shape index (κ2) is 7.72. The Hall–Kier alpha value is -1.54. The molecule has 0 aromatic carbocycles. The number of nitrogens with one attached hydrogen (secondary N) is 1. The fourth-order valence-corrected chi connectivity index (χ4v) is 2.10. The Labute approximate surface area is 108 Å². The zero-order valence-corrected chi connectivity index (χ0v) is 10.8. The molecular formula is C13H20N2O3. The molecule has 0 saturated carbocycles. The van der Waals surface area contributed by atoms with Gasteiger partial charge in [0.05, 0.1) is 26.1 Å². The van der Waals surface area contributed by atoms with Gasteiger partial charge in [-0.2, -0.15) is 0 Å². The standard InChI is InChI=1S/C13H20N2O3/c1-3-9-15-10-5-4-6-11(15)13(17)14-8-7-12(16)18-2/h1,11H,4-10H2,2H3,(H,14,17). The number of carbonyl (C=O) groups excluding carboxylic acids is 2. The van der Waals surface area contributed by atoms with Gasteiger partial charge in [0.1, 0.15) is 0 Å². The Morgan fingerprint density at radius 1 is 1.50 bits per heavy atom. The Morgan fingerprint density at radius 2 is 2.28 bits per heavy atom. The van der Waals surface area contributed by atoms with Gasteiger partial charge in [0.25, 0.3) is 0 Å². The lowest BCUT2D eigenvalue weighted by Crippen LogP contribution is -2.49. The van der Waals surface area contributed by atoms with Gasteiger partial charge in [-0.1, -0.05) is 12.3 Å². The van der Waals surface area contributed by atoms with Crippen molar-refractivity contribution in [1.82, 2.24) is 10.2 Å². The highest BCUT2D eigenvalue weighted by Crippen LogP contribution is 2.16. The van der Waals surface area contributed by atoms with Crippen molar-refractivity contribution in [3.8, 4) is 12.3 Å².